The Labute approximate surface area is 123 Å². The summed E-state index contributed by atoms with van der Waals surface area (Å²) in [4.78, 5) is 16.3. The maximum atomic E-state index is 12.1. The number of nitrogens with one attached hydrogen (secondary N) is 1. The van der Waals surface area contributed by atoms with Crippen molar-refractivity contribution in [1.82, 2.24) is 9.66 Å². The van der Waals surface area contributed by atoms with Crippen LogP contribution in [0.15, 0.2) is 54.9 Å². The van der Waals surface area contributed by atoms with Gasteiger partial charge in [0.15, 0.2) is 0 Å². The van der Waals surface area contributed by atoms with Gasteiger partial charge in [0.05, 0.1) is 11.0 Å². The maximum absolute atomic E-state index is 12.1. The molecule has 1 amide bonds. The smallest absolute Gasteiger partial charge is 0.267 e. The average molecular weight is 363 g/mol. The van der Waals surface area contributed by atoms with Gasteiger partial charge in [-0.3, -0.25) is 10.2 Å². The third kappa shape index (κ3) is 2.46. The summed E-state index contributed by atoms with van der Waals surface area (Å²) < 4.78 is 2.73. The van der Waals surface area contributed by atoms with Crippen molar-refractivity contribution in [2.45, 2.75) is 0 Å². The second kappa shape index (κ2) is 5.00. The first kappa shape index (κ1) is 12.2. The lowest BCUT2D eigenvalue weighted by molar-refractivity contribution is 0.101. The number of benzene rings is 2. The van der Waals surface area contributed by atoms with Crippen LogP contribution in [0, 0.1) is 3.57 Å². The van der Waals surface area contributed by atoms with E-state index in [2.05, 4.69) is 33.0 Å². The van der Waals surface area contributed by atoms with Crippen molar-refractivity contribution >= 4 is 39.5 Å². The van der Waals surface area contributed by atoms with Gasteiger partial charge in [-0.05, 0) is 59.0 Å². The number of amides is 1. The van der Waals surface area contributed by atoms with E-state index in [-0.39, 0.29) is 5.91 Å². The molecule has 0 spiro atoms. The molecule has 0 saturated carbocycles. The van der Waals surface area contributed by atoms with E-state index in [0.29, 0.717) is 5.56 Å². The summed E-state index contributed by atoms with van der Waals surface area (Å²) in [6.45, 7) is 0. The molecule has 19 heavy (non-hydrogen) atoms. The Kier molecular flexibility index (Phi) is 3.20. The number of para-hydroxylation sites is 2. The summed E-state index contributed by atoms with van der Waals surface area (Å²) in [5.74, 6) is -0.153. The Morgan fingerprint density at radius 1 is 1.11 bits per heavy atom. The van der Waals surface area contributed by atoms with E-state index < -0.39 is 0 Å². The number of fused-ring (bicyclic) bond motifs is 1. The fraction of sp³-hybridized carbons (Fsp3) is 0. The summed E-state index contributed by atoms with van der Waals surface area (Å²) >= 11 is 2.21. The molecule has 2 aromatic carbocycles. The van der Waals surface area contributed by atoms with Gasteiger partial charge in [0.1, 0.15) is 6.33 Å². The van der Waals surface area contributed by atoms with Crippen LogP contribution in [0.25, 0.3) is 11.0 Å². The first-order valence-electron chi connectivity index (χ1n) is 5.73. The number of rotatable bonds is 2. The van der Waals surface area contributed by atoms with Crippen LogP contribution in [-0.2, 0) is 0 Å². The van der Waals surface area contributed by atoms with Crippen LogP contribution in [0.5, 0.6) is 0 Å². The zero-order chi connectivity index (χ0) is 13.2. The lowest BCUT2D eigenvalue weighted by Crippen LogP contribution is -2.21. The molecule has 0 fully saturated rings. The molecule has 0 aliphatic carbocycles. The van der Waals surface area contributed by atoms with Crippen LogP contribution >= 0.6 is 22.6 Å². The zero-order valence-electron chi connectivity index (χ0n) is 9.88. The number of carbonyl (C=O) groups excluding carboxylic acids is 1. The molecule has 3 aromatic rings. The summed E-state index contributed by atoms with van der Waals surface area (Å²) in [5.41, 5.74) is 5.17. The highest BCUT2D eigenvalue weighted by Crippen LogP contribution is 2.11. The van der Waals surface area contributed by atoms with Crippen molar-refractivity contribution in [3.63, 3.8) is 0 Å². The molecule has 0 atom stereocenters. The fourth-order valence-electron chi connectivity index (χ4n) is 1.82. The summed E-state index contributed by atoms with van der Waals surface area (Å²) in [7, 11) is 0. The molecule has 4 nitrogen and oxygen atoms in total. The second-order valence-electron chi connectivity index (χ2n) is 4.05. The van der Waals surface area contributed by atoms with Gasteiger partial charge in [-0.1, -0.05) is 12.1 Å². The summed E-state index contributed by atoms with van der Waals surface area (Å²) in [6.07, 6.45) is 1.61. The Morgan fingerprint density at radius 2 is 1.84 bits per heavy atom. The van der Waals surface area contributed by atoms with E-state index in [1.807, 2.05) is 36.4 Å². The molecular weight excluding hydrogens is 353 g/mol. The van der Waals surface area contributed by atoms with E-state index in [0.717, 1.165) is 14.6 Å². The van der Waals surface area contributed by atoms with Gasteiger partial charge in [-0.15, -0.1) is 0 Å². The normalized spacial score (nSPS) is 10.6. The number of imidazole rings is 1. The molecule has 0 radical (unpaired) electrons. The minimum atomic E-state index is -0.153. The number of hydrogen-bond acceptors (Lipinski definition) is 2. The van der Waals surface area contributed by atoms with Gasteiger partial charge in [0.25, 0.3) is 5.91 Å². The van der Waals surface area contributed by atoms with Gasteiger partial charge in [-0.25, -0.2) is 9.66 Å². The highest BCUT2D eigenvalue weighted by atomic mass is 127. The van der Waals surface area contributed by atoms with Crippen molar-refractivity contribution in [3.05, 3.63) is 64.0 Å². The Bertz CT molecular complexity index is 734. The quantitative estimate of drug-likeness (QED) is 0.712. The monoisotopic (exact) mass is 363 g/mol. The molecule has 0 aliphatic rings. The Balaban J connectivity index is 1.89. The first-order valence-corrected chi connectivity index (χ1v) is 6.81. The van der Waals surface area contributed by atoms with E-state index in [1.54, 1.807) is 23.1 Å². The summed E-state index contributed by atoms with van der Waals surface area (Å²) in [6, 6.07) is 15.1. The average Bonchev–Trinajstić information content (AvgIpc) is 2.83. The lowest BCUT2D eigenvalue weighted by Gasteiger charge is -2.07. The van der Waals surface area contributed by atoms with Crippen molar-refractivity contribution in [2.75, 3.05) is 5.43 Å². The van der Waals surface area contributed by atoms with E-state index in [9.17, 15) is 4.79 Å². The molecule has 0 bridgehead atoms. The van der Waals surface area contributed by atoms with Gasteiger partial charge < -0.3 is 0 Å². The number of nitrogens with zero attached hydrogens (tertiary/aromatic N) is 2. The third-order valence-electron chi connectivity index (χ3n) is 2.78. The highest BCUT2D eigenvalue weighted by molar-refractivity contribution is 14.1. The van der Waals surface area contributed by atoms with Crippen LogP contribution in [0.4, 0.5) is 0 Å². The molecule has 0 unspecified atom stereocenters. The second-order valence-corrected chi connectivity index (χ2v) is 5.30. The predicted molar refractivity (Wildman–Crippen MR) is 82.6 cm³/mol. The molecule has 0 aliphatic heterocycles. The fourth-order valence-corrected chi connectivity index (χ4v) is 2.18. The number of carbonyl (C=O) groups is 1. The highest BCUT2D eigenvalue weighted by Gasteiger charge is 2.07. The standard InChI is InChI=1S/C14H10IN3O/c15-11-7-5-10(6-8-11)14(19)17-18-9-16-12-3-1-2-4-13(12)18/h1-9H,(H,17,19). The van der Waals surface area contributed by atoms with Crippen LogP contribution < -0.4 is 5.43 Å². The molecule has 1 N–H and O–H groups in total. The molecule has 0 saturated heterocycles. The minimum Gasteiger partial charge on any atom is -0.267 e. The minimum absolute atomic E-state index is 0.153. The number of hydrogen-bond donors (Lipinski definition) is 1. The largest absolute Gasteiger partial charge is 0.270 e. The number of halogens is 1. The van der Waals surface area contributed by atoms with Crippen molar-refractivity contribution in [3.8, 4) is 0 Å². The molecule has 94 valence electrons. The zero-order valence-corrected chi connectivity index (χ0v) is 12.0. The topological polar surface area (TPSA) is 46.9 Å². The van der Waals surface area contributed by atoms with E-state index in [4.69, 9.17) is 0 Å². The number of aromatic nitrogens is 2. The van der Waals surface area contributed by atoms with Gasteiger partial charge in [0.2, 0.25) is 0 Å². The molecule has 1 aromatic heterocycles. The third-order valence-corrected chi connectivity index (χ3v) is 3.50. The molecule has 5 heteroatoms. The molecule has 3 rings (SSSR count). The van der Waals surface area contributed by atoms with Gasteiger partial charge in [0, 0.05) is 9.13 Å². The first-order chi connectivity index (χ1) is 9.24. The van der Waals surface area contributed by atoms with Crippen molar-refractivity contribution in [2.24, 2.45) is 0 Å². The lowest BCUT2D eigenvalue weighted by atomic mass is 10.2. The van der Waals surface area contributed by atoms with Crippen molar-refractivity contribution < 1.29 is 4.79 Å². The SMILES string of the molecule is O=C(Nn1cnc2ccccc21)c1ccc(I)cc1. The van der Waals surface area contributed by atoms with Crippen molar-refractivity contribution in [1.29, 1.82) is 0 Å². The van der Waals surface area contributed by atoms with E-state index >= 15 is 0 Å². The Morgan fingerprint density at radius 3 is 2.63 bits per heavy atom. The molecular formula is C14H10IN3O. The van der Waals surface area contributed by atoms with Gasteiger partial charge >= 0.3 is 0 Å². The summed E-state index contributed by atoms with van der Waals surface area (Å²) in [5, 5.41) is 0. The Hall–Kier alpha value is -1.89. The maximum Gasteiger partial charge on any atom is 0.270 e. The van der Waals surface area contributed by atoms with Crippen LogP contribution in [0.3, 0.4) is 0 Å². The van der Waals surface area contributed by atoms with E-state index in [1.165, 1.54) is 0 Å². The van der Waals surface area contributed by atoms with Gasteiger partial charge in [-0.2, -0.15) is 0 Å². The predicted octanol–water partition coefficient (Wildman–Crippen LogP) is 3.02. The van der Waals surface area contributed by atoms with Crippen LogP contribution in [-0.4, -0.2) is 15.6 Å². The molecule has 1 heterocycles. The van der Waals surface area contributed by atoms with Crippen LogP contribution in [0.1, 0.15) is 10.4 Å². The van der Waals surface area contributed by atoms with Crippen LogP contribution in [0.2, 0.25) is 0 Å².